The summed E-state index contributed by atoms with van der Waals surface area (Å²) >= 11 is 0. The van der Waals surface area contributed by atoms with E-state index in [1.54, 1.807) is 0 Å². The fraction of sp³-hybridized carbons (Fsp3) is 0.0714. The quantitative estimate of drug-likeness (QED) is 0.261. The Bertz CT molecular complexity index is 1680. The molecule has 5 aromatic carbocycles. The summed E-state index contributed by atoms with van der Waals surface area (Å²) in [5.41, 5.74) is 5.95. The molecule has 0 N–H and O–H groups in total. The minimum absolute atomic E-state index is 0.825. The minimum Gasteiger partial charge on any atom is -0.452 e. The van der Waals surface area contributed by atoms with E-state index in [0.717, 1.165) is 43.9 Å². The van der Waals surface area contributed by atoms with Gasteiger partial charge in [-0.1, -0.05) is 47.5 Å². The van der Waals surface area contributed by atoms with E-state index in [2.05, 4.69) is 86.6 Å². The summed E-state index contributed by atoms with van der Waals surface area (Å²) in [4.78, 5) is 0. The van der Waals surface area contributed by atoms with Gasteiger partial charge in [0.1, 0.15) is 11.2 Å². The third-order valence-electron chi connectivity index (χ3n) is 6.30. The SMILES string of the molecule is Cc1ccc2cc3c(cc2c1)oc1c3ccc2c3cc4ccc(C)cc4cc3oc21. The lowest BCUT2D eigenvalue weighted by molar-refractivity contribution is 0.634. The smallest absolute Gasteiger partial charge is 0.178 e. The highest BCUT2D eigenvalue weighted by molar-refractivity contribution is 6.21. The Morgan fingerprint density at radius 2 is 0.900 bits per heavy atom. The normalized spacial score (nSPS) is 12.3. The van der Waals surface area contributed by atoms with Gasteiger partial charge >= 0.3 is 0 Å². The number of furan rings is 2. The molecule has 0 atom stereocenters. The zero-order valence-electron chi connectivity index (χ0n) is 16.7. The monoisotopic (exact) mass is 386 g/mol. The maximum Gasteiger partial charge on any atom is 0.178 e. The van der Waals surface area contributed by atoms with Gasteiger partial charge in [-0.3, -0.25) is 0 Å². The van der Waals surface area contributed by atoms with Crippen LogP contribution in [0.1, 0.15) is 11.1 Å². The molecule has 2 nitrogen and oxygen atoms in total. The van der Waals surface area contributed by atoms with Gasteiger partial charge in [0.25, 0.3) is 0 Å². The summed E-state index contributed by atoms with van der Waals surface area (Å²) in [5.74, 6) is 0. The van der Waals surface area contributed by atoms with Crippen LogP contribution in [0.15, 0.2) is 81.6 Å². The molecule has 30 heavy (non-hydrogen) atoms. The lowest BCUT2D eigenvalue weighted by atomic mass is 10.0. The summed E-state index contributed by atoms with van der Waals surface area (Å²) in [6, 6.07) is 26.1. The highest BCUT2D eigenvalue weighted by Crippen LogP contribution is 2.40. The Balaban J connectivity index is 1.61. The molecule has 0 bridgehead atoms. The van der Waals surface area contributed by atoms with Crippen LogP contribution in [0.5, 0.6) is 0 Å². The van der Waals surface area contributed by atoms with Crippen LogP contribution in [0.4, 0.5) is 0 Å². The third-order valence-corrected chi connectivity index (χ3v) is 6.30. The second kappa shape index (κ2) is 5.43. The number of aryl methyl sites for hydroxylation is 2. The molecule has 0 fully saturated rings. The van der Waals surface area contributed by atoms with Crippen LogP contribution < -0.4 is 0 Å². The van der Waals surface area contributed by atoms with Crippen molar-refractivity contribution >= 4 is 65.4 Å². The van der Waals surface area contributed by atoms with Crippen molar-refractivity contribution in [3.8, 4) is 0 Å². The van der Waals surface area contributed by atoms with E-state index in [4.69, 9.17) is 8.83 Å². The second-order valence-electron chi connectivity index (χ2n) is 8.42. The van der Waals surface area contributed by atoms with Crippen molar-refractivity contribution in [1.29, 1.82) is 0 Å². The molecule has 0 saturated heterocycles. The molecule has 0 amide bonds. The van der Waals surface area contributed by atoms with Gasteiger partial charge in [-0.15, -0.1) is 0 Å². The van der Waals surface area contributed by atoms with Gasteiger partial charge in [0.05, 0.1) is 0 Å². The Morgan fingerprint density at radius 3 is 1.37 bits per heavy atom. The van der Waals surface area contributed by atoms with Gasteiger partial charge in [0.2, 0.25) is 0 Å². The summed E-state index contributed by atoms with van der Waals surface area (Å²) in [5, 5.41) is 9.30. The molecule has 7 rings (SSSR count). The van der Waals surface area contributed by atoms with E-state index in [9.17, 15) is 0 Å². The van der Waals surface area contributed by atoms with Crippen molar-refractivity contribution in [3.05, 3.63) is 83.9 Å². The van der Waals surface area contributed by atoms with Gasteiger partial charge in [0.15, 0.2) is 11.2 Å². The van der Waals surface area contributed by atoms with Crippen molar-refractivity contribution in [3.63, 3.8) is 0 Å². The van der Waals surface area contributed by atoms with Gasteiger partial charge in [0, 0.05) is 21.5 Å². The van der Waals surface area contributed by atoms with E-state index >= 15 is 0 Å². The van der Waals surface area contributed by atoms with Crippen LogP contribution >= 0.6 is 0 Å². The predicted molar refractivity (Wildman–Crippen MR) is 125 cm³/mol. The van der Waals surface area contributed by atoms with Crippen LogP contribution in [0.3, 0.4) is 0 Å². The number of fused-ring (bicyclic) bond motifs is 9. The zero-order valence-corrected chi connectivity index (χ0v) is 16.7. The summed E-state index contributed by atoms with van der Waals surface area (Å²) in [7, 11) is 0. The highest BCUT2D eigenvalue weighted by atomic mass is 16.4. The van der Waals surface area contributed by atoms with Crippen LogP contribution in [0, 0.1) is 13.8 Å². The fourth-order valence-corrected chi connectivity index (χ4v) is 4.79. The molecule has 0 aliphatic heterocycles. The fourth-order valence-electron chi connectivity index (χ4n) is 4.79. The van der Waals surface area contributed by atoms with Crippen molar-refractivity contribution in [1.82, 2.24) is 0 Å². The molecular formula is C28H18O2. The Kier molecular flexibility index (Phi) is 2.91. The highest BCUT2D eigenvalue weighted by Gasteiger charge is 2.17. The maximum absolute atomic E-state index is 6.37. The van der Waals surface area contributed by atoms with Crippen molar-refractivity contribution in [2.75, 3.05) is 0 Å². The standard InChI is InChI=1S/C28H18O2/c1-15-3-5-17-11-23-21-7-8-22-24-12-18-6-4-16(2)10-20(18)14-26(24)30-28(22)27(21)29-25(23)13-19(17)9-15/h3-14H,1-2H3. The van der Waals surface area contributed by atoms with Gasteiger partial charge < -0.3 is 8.83 Å². The topological polar surface area (TPSA) is 26.3 Å². The largest absolute Gasteiger partial charge is 0.452 e. The minimum atomic E-state index is 0.825. The first-order valence-electron chi connectivity index (χ1n) is 10.3. The van der Waals surface area contributed by atoms with E-state index in [1.165, 1.54) is 32.7 Å². The van der Waals surface area contributed by atoms with E-state index in [-0.39, 0.29) is 0 Å². The Labute approximate surface area is 172 Å². The molecule has 2 aromatic heterocycles. The molecule has 0 aliphatic carbocycles. The molecule has 2 heteroatoms. The van der Waals surface area contributed by atoms with Crippen LogP contribution in [-0.2, 0) is 0 Å². The van der Waals surface area contributed by atoms with Crippen LogP contribution in [0.2, 0.25) is 0 Å². The molecular weight excluding hydrogens is 368 g/mol. The van der Waals surface area contributed by atoms with Gasteiger partial charge in [-0.05, 0) is 71.8 Å². The lowest BCUT2D eigenvalue weighted by Gasteiger charge is -1.99. The first-order chi connectivity index (χ1) is 14.6. The molecule has 142 valence electrons. The van der Waals surface area contributed by atoms with Gasteiger partial charge in [-0.25, -0.2) is 0 Å². The van der Waals surface area contributed by atoms with Gasteiger partial charge in [-0.2, -0.15) is 0 Å². The third kappa shape index (κ3) is 2.08. The average Bonchev–Trinajstić information content (AvgIpc) is 3.27. The molecule has 0 spiro atoms. The van der Waals surface area contributed by atoms with Crippen LogP contribution in [0.25, 0.3) is 65.4 Å². The van der Waals surface area contributed by atoms with E-state index in [1.807, 2.05) is 0 Å². The molecule has 7 aromatic rings. The average molecular weight is 386 g/mol. The molecule has 0 saturated carbocycles. The second-order valence-corrected chi connectivity index (χ2v) is 8.42. The number of rotatable bonds is 0. The molecule has 0 unspecified atom stereocenters. The van der Waals surface area contributed by atoms with E-state index < -0.39 is 0 Å². The maximum atomic E-state index is 6.37. The molecule has 0 radical (unpaired) electrons. The first kappa shape index (κ1) is 16.1. The number of benzene rings is 5. The Hall–Kier alpha value is -3.78. The Morgan fingerprint density at radius 1 is 0.433 bits per heavy atom. The van der Waals surface area contributed by atoms with Crippen molar-refractivity contribution in [2.45, 2.75) is 13.8 Å². The zero-order chi connectivity index (χ0) is 20.0. The van der Waals surface area contributed by atoms with Crippen molar-refractivity contribution in [2.24, 2.45) is 0 Å². The molecule has 0 aliphatic rings. The first-order valence-corrected chi connectivity index (χ1v) is 10.3. The summed E-state index contributed by atoms with van der Waals surface area (Å²) < 4.78 is 12.7. The van der Waals surface area contributed by atoms with E-state index in [0.29, 0.717) is 0 Å². The van der Waals surface area contributed by atoms with Crippen molar-refractivity contribution < 1.29 is 8.83 Å². The molecule has 2 heterocycles. The summed E-state index contributed by atoms with van der Waals surface area (Å²) in [6.45, 7) is 4.23. The summed E-state index contributed by atoms with van der Waals surface area (Å²) in [6.07, 6.45) is 0. The number of hydrogen-bond donors (Lipinski definition) is 0. The number of hydrogen-bond acceptors (Lipinski definition) is 2. The predicted octanol–water partition coefficient (Wildman–Crippen LogP) is 8.41. The van der Waals surface area contributed by atoms with Crippen LogP contribution in [-0.4, -0.2) is 0 Å². The lowest BCUT2D eigenvalue weighted by Crippen LogP contribution is -1.76.